The Morgan fingerprint density at radius 1 is 1.19 bits per heavy atom. The first-order valence-electron chi connectivity index (χ1n) is 6.47. The van der Waals surface area contributed by atoms with E-state index >= 15 is 0 Å². The largest absolute Gasteiger partial charge is 0.352 e. The lowest BCUT2D eigenvalue weighted by atomic mass is 9.95. The van der Waals surface area contributed by atoms with Gasteiger partial charge < -0.3 is 10.6 Å². The number of nitrogens with one attached hydrogen (secondary N) is 2. The van der Waals surface area contributed by atoms with Gasteiger partial charge in [-0.2, -0.15) is 0 Å². The minimum absolute atomic E-state index is 0.119. The molecular weight excluding hydrogens is 200 g/mol. The highest BCUT2D eigenvalue weighted by Crippen LogP contribution is 2.23. The Labute approximate surface area is 99.4 Å². The summed E-state index contributed by atoms with van der Waals surface area (Å²) >= 11 is 0. The fourth-order valence-electron chi connectivity index (χ4n) is 2.17. The van der Waals surface area contributed by atoms with Crippen LogP contribution in [0.3, 0.4) is 0 Å². The minimum atomic E-state index is -0.466. The van der Waals surface area contributed by atoms with Crippen LogP contribution in [-0.2, 0) is 4.79 Å². The van der Waals surface area contributed by atoms with Gasteiger partial charge in [0.15, 0.2) is 0 Å². The summed E-state index contributed by atoms with van der Waals surface area (Å²) in [6, 6.07) is 0.364. The van der Waals surface area contributed by atoms with Crippen LogP contribution < -0.4 is 10.6 Å². The Hall–Kier alpha value is -0.570. The van der Waals surface area contributed by atoms with Crippen molar-refractivity contribution in [3.63, 3.8) is 0 Å². The van der Waals surface area contributed by atoms with Gasteiger partial charge in [0.25, 0.3) is 0 Å². The van der Waals surface area contributed by atoms with Crippen LogP contribution >= 0.6 is 0 Å². The van der Waals surface area contributed by atoms with E-state index in [2.05, 4.69) is 17.6 Å². The lowest BCUT2D eigenvalue weighted by molar-refractivity contribution is -0.127. The van der Waals surface area contributed by atoms with Crippen LogP contribution in [0.1, 0.15) is 52.9 Å². The Bertz CT molecular complexity index is 238. The van der Waals surface area contributed by atoms with Crippen molar-refractivity contribution in [1.29, 1.82) is 0 Å². The number of likely N-dealkylation sites (N-methyl/N-ethyl adjacent to an activating group) is 1. The van der Waals surface area contributed by atoms with E-state index in [1.165, 1.54) is 25.7 Å². The molecule has 2 N–H and O–H groups in total. The van der Waals surface area contributed by atoms with Crippen molar-refractivity contribution < 1.29 is 4.79 Å². The highest BCUT2D eigenvalue weighted by molar-refractivity contribution is 5.85. The van der Waals surface area contributed by atoms with Gasteiger partial charge in [-0.25, -0.2) is 0 Å². The molecule has 0 radical (unpaired) electrons. The molecule has 1 aliphatic rings. The molecule has 3 heteroatoms. The van der Waals surface area contributed by atoms with E-state index in [9.17, 15) is 4.79 Å². The minimum Gasteiger partial charge on any atom is -0.352 e. The van der Waals surface area contributed by atoms with Crippen molar-refractivity contribution in [2.75, 3.05) is 7.05 Å². The predicted molar refractivity (Wildman–Crippen MR) is 67.3 cm³/mol. The maximum atomic E-state index is 12.0. The van der Waals surface area contributed by atoms with Crippen LogP contribution in [0.25, 0.3) is 0 Å². The van der Waals surface area contributed by atoms with Crippen LogP contribution in [-0.4, -0.2) is 24.5 Å². The molecule has 1 saturated carbocycles. The molecule has 2 atom stereocenters. The molecule has 0 bridgehead atoms. The molecule has 0 spiro atoms. The van der Waals surface area contributed by atoms with Crippen LogP contribution in [0.15, 0.2) is 0 Å². The van der Waals surface area contributed by atoms with Crippen LogP contribution in [0, 0.1) is 5.92 Å². The van der Waals surface area contributed by atoms with E-state index in [0.717, 1.165) is 6.42 Å². The van der Waals surface area contributed by atoms with Crippen molar-refractivity contribution >= 4 is 5.91 Å². The molecule has 0 heterocycles. The van der Waals surface area contributed by atoms with Gasteiger partial charge in [0.05, 0.1) is 5.54 Å². The molecule has 3 nitrogen and oxygen atoms in total. The standard InChI is InChI=1S/C13H26N2O/c1-10-8-6-5-7-9-11(10)15-12(16)13(2,3)14-4/h10-11,14H,5-9H2,1-4H3,(H,15,16). The summed E-state index contributed by atoms with van der Waals surface area (Å²) in [5.41, 5.74) is -0.466. The first kappa shape index (κ1) is 13.5. The van der Waals surface area contributed by atoms with E-state index in [4.69, 9.17) is 0 Å². The number of carbonyl (C=O) groups is 1. The zero-order valence-corrected chi connectivity index (χ0v) is 11.1. The average Bonchev–Trinajstić information content (AvgIpc) is 2.44. The fourth-order valence-corrected chi connectivity index (χ4v) is 2.17. The molecule has 0 aromatic heterocycles. The molecule has 0 aromatic carbocycles. The van der Waals surface area contributed by atoms with E-state index < -0.39 is 5.54 Å². The van der Waals surface area contributed by atoms with Gasteiger partial charge in [0.1, 0.15) is 0 Å². The second-order valence-electron chi connectivity index (χ2n) is 5.57. The first-order valence-corrected chi connectivity index (χ1v) is 6.47. The van der Waals surface area contributed by atoms with Gasteiger partial charge in [-0.15, -0.1) is 0 Å². The highest BCUT2D eigenvalue weighted by atomic mass is 16.2. The first-order chi connectivity index (χ1) is 7.47. The van der Waals surface area contributed by atoms with E-state index in [-0.39, 0.29) is 5.91 Å². The summed E-state index contributed by atoms with van der Waals surface area (Å²) in [5, 5.41) is 6.25. The summed E-state index contributed by atoms with van der Waals surface area (Å²) in [7, 11) is 1.83. The lowest BCUT2D eigenvalue weighted by Gasteiger charge is -2.29. The maximum Gasteiger partial charge on any atom is 0.239 e. The third-order valence-electron chi connectivity index (χ3n) is 3.87. The van der Waals surface area contributed by atoms with Gasteiger partial charge in [-0.3, -0.25) is 4.79 Å². The second-order valence-corrected chi connectivity index (χ2v) is 5.57. The number of rotatable bonds is 3. The topological polar surface area (TPSA) is 41.1 Å². The van der Waals surface area contributed by atoms with Crippen LogP contribution in [0.2, 0.25) is 0 Å². The van der Waals surface area contributed by atoms with Gasteiger partial charge in [0, 0.05) is 6.04 Å². The monoisotopic (exact) mass is 226 g/mol. The molecule has 1 amide bonds. The normalized spacial score (nSPS) is 27.2. The predicted octanol–water partition coefficient (Wildman–Crippen LogP) is 2.07. The zero-order chi connectivity index (χ0) is 12.2. The van der Waals surface area contributed by atoms with Gasteiger partial charge in [0.2, 0.25) is 5.91 Å². The van der Waals surface area contributed by atoms with Crippen molar-refractivity contribution in [3.8, 4) is 0 Å². The molecule has 0 aliphatic heterocycles. The molecule has 16 heavy (non-hydrogen) atoms. The Kier molecular flexibility index (Phi) is 4.78. The second kappa shape index (κ2) is 5.67. The van der Waals surface area contributed by atoms with Crippen molar-refractivity contribution in [2.24, 2.45) is 5.92 Å². The highest BCUT2D eigenvalue weighted by Gasteiger charge is 2.29. The van der Waals surface area contributed by atoms with E-state index in [1.54, 1.807) is 0 Å². The molecule has 0 saturated heterocycles. The smallest absolute Gasteiger partial charge is 0.239 e. The maximum absolute atomic E-state index is 12.0. The fraction of sp³-hybridized carbons (Fsp3) is 0.923. The number of hydrogen-bond donors (Lipinski definition) is 2. The van der Waals surface area contributed by atoms with Crippen molar-refractivity contribution in [3.05, 3.63) is 0 Å². The number of carbonyl (C=O) groups excluding carboxylic acids is 1. The average molecular weight is 226 g/mol. The molecular formula is C13H26N2O. The van der Waals surface area contributed by atoms with Gasteiger partial charge in [-0.05, 0) is 39.7 Å². The Morgan fingerprint density at radius 2 is 1.81 bits per heavy atom. The molecule has 1 aliphatic carbocycles. The third kappa shape index (κ3) is 3.48. The van der Waals surface area contributed by atoms with Crippen LogP contribution in [0.5, 0.6) is 0 Å². The summed E-state index contributed by atoms with van der Waals surface area (Å²) in [4.78, 5) is 12.0. The quantitative estimate of drug-likeness (QED) is 0.723. The molecule has 0 aromatic rings. The lowest BCUT2D eigenvalue weighted by Crippen LogP contribution is -2.54. The SMILES string of the molecule is CNC(C)(C)C(=O)NC1CCCCCC1C. The van der Waals surface area contributed by atoms with Gasteiger partial charge in [-0.1, -0.05) is 26.2 Å². The molecule has 2 unspecified atom stereocenters. The van der Waals surface area contributed by atoms with Crippen molar-refractivity contribution in [2.45, 2.75) is 64.5 Å². The summed E-state index contributed by atoms with van der Waals surface area (Å²) in [6.45, 7) is 6.09. The van der Waals surface area contributed by atoms with Crippen LogP contribution in [0.4, 0.5) is 0 Å². The zero-order valence-electron chi connectivity index (χ0n) is 11.1. The number of hydrogen-bond acceptors (Lipinski definition) is 2. The number of amides is 1. The van der Waals surface area contributed by atoms with Gasteiger partial charge >= 0.3 is 0 Å². The van der Waals surface area contributed by atoms with E-state index in [0.29, 0.717) is 12.0 Å². The summed E-state index contributed by atoms with van der Waals surface area (Å²) in [6.07, 6.45) is 6.24. The Morgan fingerprint density at radius 3 is 2.44 bits per heavy atom. The summed E-state index contributed by atoms with van der Waals surface area (Å²) in [5.74, 6) is 0.729. The van der Waals surface area contributed by atoms with E-state index in [1.807, 2.05) is 20.9 Å². The summed E-state index contributed by atoms with van der Waals surface area (Å²) < 4.78 is 0. The molecule has 94 valence electrons. The Balaban J connectivity index is 2.54. The third-order valence-corrected chi connectivity index (χ3v) is 3.87. The molecule has 1 rings (SSSR count). The molecule has 1 fully saturated rings. The van der Waals surface area contributed by atoms with Crippen molar-refractivity contribution in [1.82, 2.24) is 10.6 Å².